The first-order valence-electron chi connectivity index (χ1n) is 4.29. The highest BCUT2D eigenvalue weighted by Gasteiger charge is 2.06. The number of hydroxylamine groups is 1. The van der Waals surface area contributed by atoms with Gasteiger partial charge in [-0.25, -0.2) is 5.48 Å². The van der Waals surface area contributed by atoms with Gasteiger partial charge in [0.05, 0.1) is 0 Å². The van der Waals surface area contributed by atoms with E-state index in [4.69, 9.17) is 16.4 Å². The molecule has 0 spiro atoms. The molecule has 1 atom stereocenters. The third kappa shape index (κ3) is 3.36. The van der Waals surface area contributed by atoms with Gasteiger partial charge in [-0.3, -0.25) is 9.63 Å². The Bertz CT molecular complexity index is 289. The van der Waals surface area contributed by atoms with Crippen LogP contribution < -0.4 is 5.48 Å². The Balaban J connectivity index is 2.43. The molecule has 0 fully saturated rings. The minimum atomic E-state index is -0.338. The number of rotatable bonds is 4. The van der Waals surface area contributed by atoms with E-state index < -0.39 is 0 Å². The van der Waals surface area contributed by atoms with Gasteiger partial charge in [-0.1, -0.05) is 30.3 Å². The van der Waals surface area contributed by atoms with E-state index in [1.807, 2.05) is 37.3 Å². The summed E-state index contributed by atoms with van der Waals surface area (Å²) in [4.78, 5) is 15.9. The maximum atomic E-state index is 10.8. The molecule has 14 heavy (non-hydrogen) atoms. The van der Waals surface area contributed by atoms with Crippen LogP contribution in [0.15, 0.2) is 30.3 Å². The molecule has 4 heteroatoms. The summed E-state index contributed by atoms with van der Waals surface area (Å²) in [5.41, 5.74) is 3.26. The molecule has 0 heterocycles. The van der Waals surface area contributed by atoms with Crippen molar-refractivity contribution in [2.45, 2.75) is 13.0 Å². The summed E-state index contributed by atoms with van der Waals surface area (Å²) in [7, 11) is 0. The standard InChI is InChI=1S/C10H12ClNO2/c1-8(14-12-10(13)7-11)9-5-3-2-4-6-9/h2-6,8H,7H2,1H3,(H,12,13)/t8-/m1/s1. The third-order valence-electron chi connectivity index (χ3n) is 1.74. The second kappa shape index (κ2) is 5.62. The van der Waals surface area contributed by atoms with Gasteiger partial charge >= 0.3 is 0 Å². The van der Waals surface area contributed by atoms with Crippen LogP contribution in [0.4, 0.5) is 0 Å². The van der Waals surface area contributed by atoms with E-state index in [1.54, 1.807) is 0 Å². The number of alkyl halides is 1. The van der Waals surface area contributed by atoms with E-state index in [-0.39, 0.29) is 17.9 Å². The minimum absolute atomic E-state index is 0.0957. The summed E-state index contributed by atoms with van der Waals surface area (Å²) in [6.07, 6.45) is -0.177. The monoisotopic (exact) mass is 213 g/mol. The lowest BCUT2D eigenvalue weighted by atomic mass is 10.1. The first-order valence-corrected chi connectivity index (χ1v) is 4.83. The highest BCUT2D eigenvalue weighted by Crippen LogP contribution is 2.13. The number of benzene rings is 1. The highest BCUT2D eigenvalue weighted by molar-refractivity contribution is 6.27. The second-order valence-corrected chi connectivity index (χ2v) is 3.10. The summed E-state index contributed by atoms with van der Waals surface area (Å²) in [6.45, 7) is 1.85. The zero-order valence-electron chi connectivity index (χ0n) is 7.87. The van der Waals surface area contributed by atoms with Crippen molar-refractivity contribution in [3.8, 4) is 0 Å². The summed E-state index contributed by atoms with van der Waals surface area (Å²) in [5, 5.41) is 0. The molecule has 1 aromatic rings. The van der Waals surface area contributed by atoms with Crippen molar-refractivity contribution in [1.29, 1.82) is 0 Å². The van der Waals surface area contributed by atoms with Gasteiger partial charge in [-0.15, -0.1) is 11.6 Å². The number of nitrogens with one attached hydrogen (secondary N) is 1. The van der Waals surface area contributed by atoms with Gasteiger partial charge in [0.25, 0.3) is 5.91 Å². The van der Waals surface area contributed by atoms with Gasteiger partial charge < -0.3 is 0 Å². The predicted molar refractivity (Wildman–Crippen MR) is 54.8 cm³/mol. The lowest BCUT2D eigenvalue weighted by molar-refractivity contribution is -0.135. The molecule has 1 amide bonds. The Kier molecular flexibility index (Phi) is 4.43. The quantitative estimate of drug-likeness (QED) is 0.614. The molecule has 0 aliphatic carbocycles. The van der Waals surface area contributed by atoms with Gasteiger partial charge in [-0.2, -0.15) is 0 Å². The Labute approximate surface area is 88.0 Å². The van der Waals surface area contributed by atoms with E-state index in [2.05, 4.69) is 5.48 Å². The molecule has 76 valence electrons. The van der Waals surface area contributed by atoms with Gasteiger partial charge in [0.1, 0.15) is 12.0 Å². The van der Waals surface area contributed by atoms with Crippen molar-refractivity contribution in [2.75, 3.05) is 5.88 Å². The normalized spacial score (nSPS) is 12.1. The van der Waals surface area contributed by atoms with Gasteiger partial charge in [0.15, 0.2) is 0 Å². The molecular formula is C10H12ClNO2. The third-order valence-corrected chi connectivity index (χ3v) is 1.98. The number of hydrogen-bond acceptors (Lipinski definition) is 2. The molecule has 1 rings (SSSR count). The fourth-order valence-corrected chi connectivity index (χ4v) is 1.03. The van der Waals surface area contributed by atoms with Crippen LogP contribution in [0.25, 0.3) is 0 Å². The SMILES string of the molecule is C[C@@H](ONC(=O)CCl)c1ccccc1. The van der Waals surface area contributed by atoms with Crippen LogP contribution >= 0.6 is 11.6 Å². The largest absolute Gasteiger partial charge is 0.271 e. The fourth-order valence-electron chi connectivity index (χ4n) is 0.973. The van der Waals surface area contributed by atoms with Crippen LogP contribution in [0.2, 0.25) is 0 Å². The van der Waals surface area contributed by atoms with Crippen LogP contribution in [0, 0.1) is 0 Å². The minimum Gasteiger partial charge on any atom is -0.271 e. The molecular weight excluding hydrogens is 202 g/mol. The zero-order valence-corrected chi connectivity index (χ0v) is 8.62. The number of amides is 1. The summed E-state index contributed by atoms with van der Waals surface area (Å²) >= 11 is 5.29. The van der Waals surface area contributed by atoms with Crippen molar-refractivity contribution >= 4 is 17.5 Å². The Morgan fingerprint density at radius 1 is 1.50 bits per heavy atom. The van der Waals surface area contributed by atoms with Gasteiger partial charge in [-0.05, 0) is 12.5 Å². The lowest BCUT2D eigenvalue weighted by Gasteiger charge is -2.12. The maximum absolute atomic E-state index is 10.8. The molecule has 0 saturated carbocycles. The highest BCUT2D eigenvalue weighted by atomic mass is 35.5. The molecule has 1 N–H and O–H groups in total. The van der Waals surface area contributed by atoms with Crippen LogP contribution in [-0.2, 0) is 9.63 Å². The van der Waals surface area contributed by atoms with E-state index in [0.717, 1.165) is 5.56 Å². The van der Waals surface area contributed by atoms with Crippen molar-refractivity contribution in [3.63, 3.8) is 0 Å². The van der Waals surface area contributed by atoms with Gasteiger partial charge in [0.2, 0.25) is 0 Å². The first-order chi connectivity index (χ1) is 6.74. The second-order valence-electron chi connectivity index (χ2n) is 2.83. The van der Waals surface area contributed by atoms with Crippen molar-refractivity contribution in [1.82, 2.24) is 5.48 Å². The maximum Gasteiger partial charge on any atom is 0.258 e. The van der Waals surface area contributed by atoms with Crippen molar-refractivity contribution < 1.29 is 9.63 Å². The van der Waals surface area contributed by atoms with Gasteiger partial charge in [0, 0.05) is 0 Å². The van der Waals surface area contributed by atoms with Crippen LogP contribution in [0.3, 0.4) is 0 Å². The lowest BCUT2D eigenvalue weighted by Crippen LogP contribution is -2.26. The van der Waals surface area contributed by atoms with E-state index in [1.165, 1.54) is 0 Å². The molecule has 0 aliphatic heterocycles. The summed E-state index contributed by atoms with van der Waals surface area (Å²) in [6, 6.07) is 9.61. The first kappa shape index (κ1) is 11.0. The summed E-state index contributed by atoms with van der Waals surface area (Å²) < 4.78 is 0. The van der Waals surface area contributed by atoms with Crippen LogP contribution in [0.1, 0.15) is 18.6 Å². The zero-order chi connectivity index (χ0) is 10.4. The number of halogens is 1. The van der Waals surface area contributed by atoms with Crippen LogP contribution in [-0.4, -0.2) is 11.8 Å². The average Bonchev–Trinajstić information content (AvgIpc) is 2.26. The average molecular weight is 214 g/mol. The molecule has 3 nitrogen and oxygen atoms in total. The van der Waals surface area contributed by atoms with E-state index in [0.29, 0.717) is 0 Å². The van der Waals surface area contributed by atoms with E-state index in [9.17, 15) is 4.79 Å². The van der Waals surface area contributed by atoms with E-state index >= 15 is 0 Å². The Morgan fingerprint density at radius 3 is 2.71 bits per heavy atom. The molecule has 0 aliphatic rings. The number of carbonyl (C=O) groups excluding carboxylic acids is 1. The molecule has 0 radical (unpaired) electrons. The Morgan fingerprint density at radius 2 is 2.14 bits per heavy atom. The number of hydrogen-bond donors (Lipinski definition) is 1. The Hall–Kier alpha value is -1.06. The smallest absolute Gasteiger partial charge is 0.258 e. The molecule has 0 unspecified atom stereocenters. The fraction of sp³-hybridized carbons (Fsp3) is 0.300. The predicted octanol–water partition coefficient (Wildman–Crippen LogP) is 2.03. The molecule has 0 aromatic heterocycles. The summed E-state index contributed by atoms with van der Waals surface area (Å²) in [5.74, 6) is -0.434. The molecule has 0 saturated heterocycles. The van der Waals surface area contributed by atoms with Crippen molar-refractivity contribution in [2.24, 2.45) is 0 Å². The number of carbonyl (C=O) groups is 1. The molecule has 0 bridgehead atoms. The van der Waals surface area contributed by atoms with Crippen LogP contribution in [0.5, 0.6) is 0 Å². The van der Waals surface area contributed by atoms with Crippen molar-refractivity contribution in [3.05, 3.63) is 35.9 Å². The topological polar surface area (TPSA) is 38.3 Å². The molecule has 1 aromatic carbocycles.